The first-order valence-electron chi connectivity index (χ1n) is 12.9. The maximum Gasteiger partial charge on any atom is 0.123 e. The van der Waals surface area contributed by atoms with Crippen LogP contribution < -0.4 is 10.6 Å². The third-order valence-corrected chi connectivity index (χ3v) is 8.71. The number of nitrogens with zero attached hydrogens (tertiary/aromatic N) is 4. The zero-order valence-electron chi connectivity index (χ0n) is 20.2. The molecule has 0 amide bonds. The zero-order valence-corrected chi connectivity index (χ0v) is 20.2. The highest BCUT2D eigenvalue weighted by Crippen LogP contribution is 2.49. The van der Waals surface area contributed by atoms with Gasteiger partial charge in [0.1, 0.15) is 5.82 Å². The van der Waals surface area contributed by atoms with Gasteiger partial charge < -0.3 is 15.5 Å². The maximum absolute atomic E-state index is 14.3. The van der Waals surface area contributed by atoms with E-state index in [1.54, 1.807) is 12.1 Å². The Kier molecular flexibility index (Phi) is 6.78. The van der Waals surface area contributed by atoms with Crippen molar-refractivity contribution in [1.29, 1.82) is 10.5 Å². The van der Waals surface area contributed by atoms with E-state index in [9.17, 15) is 9.65 Å². The van der Waals surface area contributed by atoms with Gasteiger partial charge >= 0.3 is 0 Å². The summed E-state index contributed by atoms with van der Waals surface area (Å²) in [7, 11) is 0. The van der Waals surface area contributed by atoms with Crippen molar-refractivity contribution in [3.05, 3.63) is 65.5 Å². The molecule has 2 saturated heterocycles. The summed E-state index contributed by atoms with van der Waals surface area (Å²) in [6.07, 6.45) is 4.82. The van der Waals surface area contributed by atoms with Crippen molar-refractivity contribution in [2.45, 2.75) is 43.6 Å². The second-order valence-corrected chi connectivity index (χ2v) is 10.7. The third kappa shape index (κ3) is 4.54. The number of piperidine rings is 1. The molecule has 2 heterocycles. The second kappa shape index (κ2) is 9.97. The number of hydrogen-bond acceptors (Lipinski definition) is 5. The Bertz CT molecular complexity index is 1110. The lowest BCUT2D eigenvalue weighted by atomic mass is 9.59. The van der Waals surface area contributed by atoms with Gasteiger partial charge in [-0.2, -0.15) is 10.5 Å². The summed E-state index contributed by atoms with van der Waals surface area (Å²) in [5.41, 5.74) is 8.52. The van der Waals surface area contributed by atoms with E-state index in [0.29, 0.717) is 11.5 Å². The first-order valence-corrected chi connectivity index (χ1v) is 12.9. The van der Waals surface area contributed by atoms with Crippen LogP contribution in [-0.4, -0.2) is 43.7 Å². The number of halogens is 1. The van der Waals surface area contributed by atoms with Crippen LogP contribution in [-0.2, 0) is 5.41 Å². The molecule has 0 aromatic heterocycles. The summed E-state index contributed by atoms with van der Waals surface area (Å²) in [5, 5.41) is 19.6. The molecule has 1 aliphatic carbocycles. The largest absolute Gasteiger partial charge is 0.371 e. The Labute approximate surface area is 207 Å². The van der Waals surface area contributed by atoms with Crippen LogP contribution in [0.1, 0.15) is 43.2 Å². The van der Waals surface area contributed by atoms with Crippen LogP contribution in [0.4, 0.5) is 10.1 Å². The molecule has 3 aliphatic rings. The van der Waals surface area contributed by atoms with Crippen molar-refractivity contribution >= 4 is 5.69 Å². The van der Waals surface area contributed by atoms with Crippen LogP contribution in [0.15, 0.2) is 48.5 Å². The molecule has 1 saturated carbocycles. The number of anilines is 1. The summed E-state index contributed by atoms with van der Waals surface area (Å²) in [6, 6.07) is 19.4. The summed E-state index contributed by atoms with van der Waals surface area (Å²) in [6.45, 7) is 5.09. The van der Waals surface area contributed by atoms with E-state index in [4.69, 9.17) is 11.0 Å². The van der Waals surface area contributed by atoms with Gasteiger partial charge in [-0.25, -0.2) is 4.39 Å². The standard InChI is InChI=1S/C29H34FN5/c30-25-4-1-3-24(15-25)29(20-32,27-5-2-6-28(27)33)23-11-13-34(14-12-23)17-22-18-35(19-22)26-9-7-21(16-31)8-10-26/h1,3-4,7-10,15,22-23,27-28H,2,5-6,11-14,17-19,33H2/t27-,28-,29?/m0/s1. The highest BCUT2D eigenvalue weighted by Gasteiger charge is 2.51. The average Bonchev–Trinajstić information content (AvgIpc) is 3.29. The van der Waals surface area contributed by atoms with Crippen LogP contribution in [0.3, 0.4) is 0 Å². The molecule has 2 aromatic rings. The Morgan fingerprint density at radius 1 is 1.00 bits per heavy atom. The van der Waals surface area contributed by atoms with E-state index in [2.05, 4.69) is 21.9 Å². The molecule has 6 heteroatoms. The lowest BCUT2D eigenvalue weighted by molar-refractivity contribution is 0.0991. The Morgan fingerprint density at radius 3 is 2.34 bits per heavy atom. The number of hydrogen-bond donors (Lipinski definition) is 1. The predicted octanol–water partition coefficient (Wildman–Crippen LogP) is 4.43. The van der Waals surface area contributed by atoms with Gasteiger partial charge in [-0.15, -0.1) is 0 Å². The smallest absolute Gasteiger partial charge is 0.123 e. The minimum absolute atomic E-state index is 0.000804. The molecule has 0 spiro atoms. The van der Waals surface area contributed by atoms with Gasteiger partial charge in [-0.3, -0.25) is 0 Å². The van der Waals surface area contributed by atoms with Gasteiger partial charge in [-0.05, 0) is 92.6 Å². The Hall–Kier alpha value is -2.93. The summed E-state index contributed by atoms with van der Waals surface area (Å²) < 4.78 is 14.3. The van der Waals surface area contributed by atoms with Gasteiger partial charge in [0.15, 0.2) is 0 Å². The minimum atomic E-state index is -0.715. The van der Waals surface area contributed by atoms with Crippen LogP contribution >= 0.6 is 0 Å². The molecular weight excluding hydrogens is 437 g/mol. The molecule has 0 bridgehead atoms. The van der Waals surface area contributed by atoms with Crippen LogP contribution in [0, 0.1) is 46.2 Å². The number of nitrogens with two attached hydrogens (primary N) is 1. The summed E-state index contributed by atoms with van der Waals surface area (Å²) >= 11 is 0. The van der Waals surface area contributed by atoms with E-state index >= 15 is 0 Å². The first-order chi connectivity index (χ1) is 17.0. The van der Waals surface area contributed by atoms with Gasteiger partial charge in [0.05, 0.1) is 23.1 Å². The molecule has 5 nitrogen and oxygen atoms in total. The van der Waals surface area contributed by atoms with E-state index in [-0.39, 0.29) is 23.7 Å². The fourth-order valence-electron chi connectivity index (χ4n) is 6.87. The Balaban J connectivity index is 1.22. The predicted molar refractivity (Wildman–Crippen MR) is 135 cm³/mol. The number of nitriles is 2. The SMILES string of the molecule is N#Cc1ccc(N2CC(CN3CCC(C(C#N)(c4cccc(F)c4)[C@H]4CCC[C@@H]4N)CC3)C2)cc1. The van der Waals surface area contributed by atoms with Gasteiger partial charge in [0.25, 0.3) is 0 Å². The summed E-state index contributed by atoms with van der Waals surface area (Å²) in [5.74, 6) is 0.632. The van der Waals surface area contributed by atoms with Gasteiger partial charge in [0, 0.05) is 37.3 Å². The average molecular weight is 472 g/mol. The van der Waals surface area contributed by atoms with Crippen molar-refractivity contribution in [2.24, 2.45) is 23.5 Å². The van der Waals surface area contributed by atoms with E-state index in [1.165, 1.54) is 11.8 Å². The number of benzene rings is 2. The highest BCUT2D eigenvalue weighted by atomic mass is 19.1. The molecule has 182 valence electrons. The van der Waals surface area contributed by atoms with Crippen molar-refractivity contribution in [2.75, 3.05) is 37.6 Å². The molecule has 2 aliphatic heterocycles. The molecule has 35 heavy (non-hydrogen) atoms. The second-order valence-electron chi connectivity index (χ2n) is 10.7. The molecule has 2 aromatic carbocycles. The maximum atomic E-state index is 14.3. The lowest BCUT2D eigenvalue weighted by Crippen LogP contribution is -2.54. The molecule has 1 unspecified atom stereocenters. The van der Waals surface area contributed by atoms with Crippen molar-refractivity contribution < 1.29 is 4.39 Å². The van der Waals surface area contributed by atoms with Crippen LogP contribution in [0.2, 0.25) is 0 Å². The first kappa shape index (κ1) is 23.8. The van der Waals surface area contributed by atoms with Crippen molar-refractivity contribution in [3.63, 3.8) is 0 Å². The van der Waals surface area contributed by atoms with Crippen LogP contribution in [0.25, 0.3) is 0 Å². The normalized spacial score (nSPS) is 25.4. The highest BCUT2D eigenvalue weighted by molar-refractivity contribution is 5.51. The van der Waals surface area contributed by atoms with E-state index in [0.717, 1.165) is 70.4 Å². The number of likely N-dealkylation sites (tertiary alicyclic amines) is 1. The zero-order chi connectivity index (χ0) is 24.4. The van der Waals surface area contributed by atoms with E-state index in [1.807, 2.05) is 30.3 Å². The van der Waals surface area contributed by atoms with E-state index < -0.39 is 5.41 Å². The quantitative estimate of drug-likeness (QED) is 0.674. The van der Waals surface area contributed by atoms with Crippen molar-refractivity contribution in [3.8, 4) is 12.1 Å². The van der Waals surface area contributed by atoms with Crippen molar-refractivity contribution in [1.82, 2.24) is 4.90 Å². The van der Waals surface area contributed by atoms with Crippen LogP contribution in [0.5, 0.6) is 0 Å². The fourth-order valence-corrected chi connectivity index (χ4v) is 6.87. The van der Waals surface area contributed by atoms with Gasteiger partial charge in [-0.1, -0.05) is 18.6 Å². The topological polar surface area (TPSA) is 80.1 Å². The summed E-state index contributed by atoms with van der Waals surface area (Å²) in [4.78, 5) is 4.91. The van der Waals surface area contributed by atoms with Gasteiger partial charge in [0.2, 0.25) is 0 Å². The third-order valence-electron chi connectivity index (χ3n) is 8.71. The molecule has 0 radical (unpaired) electrons. The molecule has 5 rings (SSSR count). The molecular formula is C29H34FN5. The minimum Gasteiger partial charge on any atom is -0.371 e. The monoisotopic (exact) mass is 471 g/mol. The number of rotatable bonds is 6. The molecule has 3 fully saturated rings. The lowest BCUT2D eigenvalue weighted by Gasteiger charge is -2.47. The molecule has 3 atom stereocenters. The fraction of sp³-hybridized carbons (Fsp3) is 0.517. The molecule has 2 N–H and O–H groups in total. The Morgan fingerprint density at radius 2 is 1.74 bits per heavy atom.